The van der Waals surface area contributed by atoms with Gasteiger partial charge in [0.1, 0.15) is 5.69 Å². The van der Waals surface area contributed by atoms with Crippen LogP contribution < -0.4 is 10.2 Å². The van der Waals surface area contributed by atoms with E-state index in [4.69, 9.17) is 16.3 Å². The summed E-state index contributed by atoms with van der Waals surface area (Å²) in [6.45, 7) is 3.60. The molecule has 2 heterocycles. The maximum Gasteiger partial charge on any atom is 0.337 e. The van der Waals surface area contributed by atoms with Crippen molar-refractivity contribution in [1.82, 2.24) is 9.97 Å². The Morgan fingerprint density at radius 1 is 1.15 bits per heavy atom. The predicted molar refractivity (Wildman–Crippen MR) is 104 cm³/mol. The third-order valence-electron chi connectivity index (χ3n) is 4.35. The molecule has 7 nitrogen and oxygen atoms in total. The Kier molecular flexibility index (Phi) is 5.91. The highest BCUT2D eigenvalue weighted by Gasteiger charge is 2.18. The second kappa shape index (κ2) is 8.35. The number of amides is 1. The number of anilines is 2. The molecular weight excluding hydrogens is 368 g/mol. The topological polar surface area (TPSA) is 84.4 Å². The maximum absolute atomic E-state index is 12.7. The number of nitrogens with one attached hydrogen (secondary N) is 1. The Hall–Kier alpha value is -2.67. The van der Waals surface area contributed by atoms with Gasteiger partial charge in [0.2, 0.25) is 5.95 Å². The van der Waals surface area contributed by atoms with Gasteiger partial charge >= 0.3 is 5.97 Å². The average molecular weight is 389 g/mol. The fourth-order valence-electron chi connectivity index (χ4n) is 2.96. The van der Waals surface area contributed by atoms with E-state index in [0.29, 0.717) is 27.9 Å². The van der Waals surface area contributed by atoms with Crippen LogP contribution in [0.4, 0.5) is 11.6 Å². The molecular formula is C19H21ClN4O3. The Morgan fingerprint density at radius 2 is 1.89 bits per heavy atom. The number of aromatic nitrogens is 2. The molecule has 142 valence electrons. The third kappa shape index (κ3) is 4.54. The molecule has 0 atom stereocenters. The molecule has 1 saturated heterocycles. The molecule has 3 rings (SSSR count). The molecule has 1 fully saturated rings. The van der Waals surface area contributed by atoms with Crippen molar-refractivity contribution in [3.8, 4) is 0 Å². The quantitative estimate of drug-likeness (QED) is 0.807. The molecule has 0 saturated carbocycles. The molecule has 2 aromatic rings. The highest BCUT2D eigenvalue weighted by atomic mass is 35.5. The summed E-state index contributed by atoms with van der Waals surface area (Å²) in [5, 5.41) is 3.03. The molecule has 1 amide bonds. The smallest absolute Gasteiger partial charge is 0.337 e. The van der Waals surface area contributed by atoms with Crippen LogP contribution in [-0.4, -0.2) is 42.0 Å². The monoisotopic (exact) mass is 388 g/mol. The first-order valence-electron chi connectivity index (χ1n) is 8.78. The molecule has 0 aliphatic carbocycles. The number of aryl methyl sites for hydroxylation is 1. The minimum atomic E-state index is -0.507. The van der Waals surface area contributed by atoms with Crippen LogP contribution in [0, 0.1) is 6.92 Å². The van der Waals surface area contributed by atoms with Crippen molar-refractivity contribution < 1.29 is 14.3 Å². The minimum absolute atomic E-state index is 0.252. The van der Waals surface area contributed by atoms with E-state index >= 15 is 0 Å². The van der Waals surface area contributed by atoms with Crippen molar-refractivity contribution in [2.45, 2.75) is 26.2 Å². The van der Waals surface area contributed by atoms with Crippen molar-refractivity contribution in [2.24, 2.45) is 0 Å². The SMILES string of the molecule is COC(=O)c1ccc(Cl)c(NC(=O)c2cc(C)nc(N3CCCCC3)n2)c1. The van der Waals surface area contributed by atoms with Crippen molar-refractivity contribution in [3.63, 3.8) is 0 Å². The number of halogens is 1. The van der Waals surface area contributed by atoms with Crippen LogP contribution in [0.3, 0.4) is 0 Å². The van der Waals surface area contributed by atoms with Gasteiger partial charge in [0, 0.05) is 18.8 Å². The number of rotatable bonds is 4. The molecule has 1 aromatic carbocycles. The van der Waals surface area contributed by atoms with E-state index in [0.717, 1.165) is 25.9 Å². The van der Waals surface area contributed by atoms with Crippen LogP contribution in [-0.2, 0) is 4.74 Å². The van der Waals surface area contributed by atoms with Gasteiger partial charge in [-0.15, -0.1) is 0 Å². The van der Waals surface area contributed by atoms with Gasteiger partial charge in [0.25, 0.3) is 5.91 Å². The second-order valence-corrected chi connectivity index (χ2v) is 6.79. The standard InChI is InChI=1S/C19H21ClN4O3/c1-12-10-16(23-19(21-12)24-8-4-3-5-9-24)17(25)22-15-11-13(18(26)27-2)6-7-14(15)20/h6-7,10-11H,3-5,8-9H2,1-2H3,(H,22,25). The number of carbonyl (C=O) groups is 2. The number of carbonyl (C=O) groups excluding carboxylic acids is 2. The van der Waals surface area contributed by atoms with E-state index in [9.17, 15) is 9.59 Å². The summed E-state index contributed by atoms with van der Waals surface area (Å²) in [7, 11) is 1.29. The first-order chi connectivity index (χ1) is 13.0. The summed E-state index contributed by atoms with van der Waals surface area (Å²) in [5.74, 6) is -0.357. The van der Waals surface area contributed by atoms with E-state index in [-0.39, 0.29) is 5.69 Å². The first kappa shape index (κ1) is 19.1. The lowest BCUT2D eigenvalue weighted by molar-refractivity contribution is 0.0600. The highest BCUT2D eigenvalue weighted by molar-refractivity contribution is 6.34. The average Bonchev–Trinajstić information content (AvgIpc) is 2.69. The summed E-state index contributed by atoms with van der Waals surface area (Å²) in [4.78, 5) is 35.4. The number of hydrogen-bond donors (Lipinski definition) is 1. The van der Waals surface area contributed by atoms with Gasteiger partial charge in [0.15, 0.2) is 0 Å². The van der Waals surface area contributed by atoms with Crippen molar-refractivity contribution in [1.29, 1.82) is 0 Å². The summed E-state index contributed by atoms with van der Waals surface area (Å²) >= 11 is 6.15. The Labute approximate surface area is 162 Å². The summed E-state index contributed by atoms with van der Waals surface area (Å²) in [6.07, 6.45) is 3.38. The normalized spacial score (nSPS) is 14.0. The molecule has 0 unspecified atom stereocenters. The summed E-state index contributed by atoms with van der Waals surface area (Å²) < 4.78 is 4.70. The largest absolute Gasteiger partial charge is 0.465 e. The fourth-order valence-corrected chi connectivity index (χ4v) is 3.12. The molecule has 27 heavy (non-hydrogen) atoms. The molecule has 0 radical (unpaired) electrons. The zero-order chi connectivity index (χ0) is 19.4. The number of piperidine rings is 1. The molecule has 0 spiro atoms. The highest BCUT2D eigenvalue weighted by Crippen LogP contribution is 2.24. The van der Waals surface area contributed by atoms with Gasteiger partial charge in [-0.3, -0.25) is 4.79 Å². The van der Waals surface area contributed by atoms with Crippen LogP contribution in [0.15, 0.2) is 24.3 Å². The number of esters is 1. The zero-order valence-electron chi connectivity index (χ0n) is 15.3. The lowest BCUT2D eigenvalue weighted by Gasteiger charge is -2.27. The van der Waals surface area contributed by atoms with Crippen molar-refractivity contribution in [2.75, 3.05) is 30.4 Å². The second-order valence-electron chi connectivity index (χ2n) is 6.38. The summed E-state index contributed by atoms with van der Waals surface area (Å²) in [5.41, 5.74) is 1.58. The van der Waals surface area contributed by atoms with Gasteiger partial charge in [0.05, 0.1) is 23.4 Å². The van der Waals surface area contributed by atoms with Crippen LogP contribution in [0.2, 0.25) is 5.02 Å². The van der Waals surface area contributed by atoms with Crippen LogP contribution >= 0.6 is 11.6 Å². The Bertz CT molecular complexity index is 866. The van der Waals surface area contributed by atoms with E-state index in [1.54, 1.807) is 6.07 Å². The number of nitrogens with zero attached hydrogens (tertiary/aromatic N) is 3. The zero-order valence-corrected chi connectivity index (χ0v) is 16.0. The van der Waals surface area contributed by atoms with E-state index in [1.807, 2.05) is 6.92 Å². The molecule has 1 N–H and O–H groups in total. The Balaban J connectivity index is 1.84. The van der Waals surface area contributed by atoms with Crippen LogP contribution in [0.1, 0.15) is 45.8 Å². The Morgan fingerprint density at radius 3 is 2.59 bits per heavy atom. The maximum atomic E-state index is 12.7. The van der Waals surface area contributed by atoms with Gasteiger partial charge < -0.3 is 15.0 Å². The van der Waals surface area contributed by atoms with E-state index < -0.39 is 11.9 Å². The lowest BCUT2D eigenvalue weighted by Crippen LogP contribution is -2.31. The molecule has 8 heteroatoms. The van der Waals surface area contributed by atoms with Crippen LogP contribution in [0.25, 0.3) is 0 Å². The van der Waals surface area contributed by atoms with Gasteiger partial charge in [-0.05, 0) is 50.5 Å². The summed E-state index contributed by atoms with van der Waals surface area (Å²) in [6, 6.07) is 6.17. The lowest BCUT2D eigenvalue weighted by atomic mass is 10.1. The van der Waals surface area contributed by atoms with Crippen molar-refractivity contribution >= 4 is 35.1 Å². The third-order valence-corrected chi connectivity index (χ3v) is 4.68. The van der Waals surface area contributed by atoms with Crippen molar-refractivity contribution in [3.05, 3.63) is 46.2 Å². The molecule has 0 bridgehead atoms. The number of ether oxygens (including phenoxy) is 1. The fraction of sp³-hybridized carbons (Fsp3) is 0.368. The molecule has 1 aromatic heterocycles. The molecule has 1 aliphatic rings. The minimum Gasteiger partial charge on any atom is -0.465 e. The number of hydrogen-bond acceptors (Lipinski definition) is 6. The van der Waals surface area contributed by atoms with E-state index in [2.05, 4.69) is 20.2 Å². The van der Waals surface area contributed by atoms with Gasteiger partial charge in [-0.2, -0.15) is 0 Å². The molecule has 1 aliphatic heterocycles. The predicted octanol–water partition coefficient (Wildman–Crippen LogP) is 3.47. The number of benzene rings is 1. The number of methoxy groups -OCH3 is 1. The first-order valence-corrected chi connectivity index (χ1v) is 9.15. The van der Waals surface area contributed by atoms with E-state index in [1.165, 1.54) is 31.7 Å². The van der Waals surface area contributed by atoms with Gasteiger partial charge in [-0.25, -0.2) is 14.8 Å². The van der Waals surface area contributed by atoms with Crippen LogP contribution in [0.5, 0.6) is 0 Å². The van der Waals surface area contributed by atoms with Gasteiger partial charge in [-0.1, -0.05) is 11.6 Å².